The summed E-state index contributed by atoms with van der Waals surface area (Å²) in [5.74, 6) is 1.43. The second-order valence-electron chi connectivity index (χ2n) is 8.12. The van der Waals surface area contributed by atoms with Gasteiger partial charge in [0, 0.05) is 44.5 Å². The van der Waals surface area contributed by atoms with Crippen molar-refractivity contribution >= 4 is 41.5 Å². The molecule has 172 valence electrons. The molecule has 2 aromatic rings. The minimum atomic E-state index is -0.0586. The van der Waals surface area contributed by atoms with E-state index in [9.17, 15) is 4.79 Å². The summed E-state index contributed by atoms with van der Waals surface area (Å²) in [6, 6.07) is 19.0. The number of nitrogens with one attached hydrogen (secondary N) is 3. The SMILES string of the molecule is CN=C(NCc1cccc(OCC(=O)NC2CC2)c1)NC1CCN(c2ccccc2)C1.I. The number of carbonyl (C=O) groups excluding carboxylic acids is 1. The lowest BCUT2D eigenvalue weighted by Crippen LogP contribution is -2.44. The molecule has 0 radical (unpaired) electrons. The van der Waals surface area contributed by atoms with Crippen LogP contribution in [0, 0.1) is 0 Å². The van der Waals surface area contributed by atoms with Gasteiger partial charge in [0.15, 0.2) is 12.6 Å². The molecule has 4 rings (SSSR count). The van der Waals surface area contributed by atoms with E-state index in [2.05, 4.69) is 50.1 Å². The number of para-hydroxylation sites is 1. The quantitative estimate of drug-likeness (QED) is 0.268. The number of ether oxygens (including phenoxy) is 1. The molecule has 2 fully saturated rings. The third-order valence-corrected chi connectivity index (χ3v) is 5.54. The zero-order valence-corrected chi connectivity index (χ0v) is 20.8. The van der Waals surface area contributed by atoms with Crippen molar-refractivity contribution in [2.24, 2.45) is 4.99 Å². The zero-order valence-electron chi connectivity index (χ0n) is 18.4. The van der Waals surface area contributed by atoms with Gasteiger partial charge in [-0.15, -0.1) is 24.0 Å². The average Bonchev–Trinajstić information content (AvgIpc) is 3.49. The first-order valence-corrected chi connectivity index (χ1v) is 11.0. The first-order chi connectivity index (χ1) is 15.2. The lowest BCUT2D eigenvalue weighted by molar-refractivity contribution is -0.123. The Hall–Kier alpha value is -2.49. The number of benzene rings is 2. The summed E-state index contributed by atoms with van der Waals surface area (Å²) in [6.07, 6.45) is 3.22. The standard InChI is InChI=1S/C24H31N5O2.HI/c1-25-24(28-20-12-13-29(16-20)21-7-3-2-4-8-21)26-15-18-6-5-9-22(14-18)31-17-23(30)27-19-10-11-19;/h2-9,14,19-20H,10-13,15-17H2,1H3,(H,27,30)(H2,25,26,28);1H. The van der Waals surface area contributed by atoms with E-state index in [-0.39, 0.29) is 36.5 Å². The minimum absolute atomic E-state index is 0. The van der Waals surface area contributed by atoms with E-state index in [0.717, 1.165) is 43.9 Å². The Labute approximate surface area is 207 Å². The Balaban J connectivity index is 0.00000289. The molecular weight excluding hydrogens is 517 g/mol. The van der Waals surface area contributed by atoms with E-state index < -0.39 is 0 Å². The first-order valence-electron chi connectivity index (χ1n) is 11.0. The molecule has 1 unspecified atom stereocenters. The molecule has 0 spiro atoms. The van der Waals surface area contributed by atoms with Gasteiger partial charge in [-0.1, -0.05) is 30.3 Å². The van der Waals surface area contributed by atoms with Gasteiger partial charge >= 0.3 is 0 Å². The Morgan fingerprint density at radius 3 is 2.62 bits per heavy atom. The number of anilines is 1. The highest BCUT2D eigenvalue weighted by molar-refractivity contribution is 14.0. The van der Waals surface area contributed by atoms with Crippen LogP contribution >= 0.6 is 24.0 Å². The van der Waals surface area contributed by atoms with E-state index in [1.807, 2.05) is 30.3 Å². The summed E-state index contributed by atoms with van der Waals surface area (Å²) >= 11 is 0. The van der Waals surface area contributed by atoms with Crippen LogP contribution in [0.4, 0.5) is 5.69 Å². The number of carbonyl (C=O) groups is 1. The average molecular weight is 549 g/mol. The van der Waals surface area contributed by atoms with E-state index in [1.165, 1.54) is 5.69 Å². The summed E-state index contributed by atoms with van der Waals surface area (Å²) < 4.78 is 5.64. The van der Waals surface area contributed by atoms with Crippen LogP contribution in [0.5, 0.6) is 5.75 Å². The number of amides is 1. The highest BCUT2D eigenvalue weighted by Gasteiger charge is 2.24. The molecule has 0 bridgehead atoms. The molecule has 1 saturated carbocycles. The Morgan fingerprint density at radius 1 is 1.06 bits per heavy atom. The van der Waals surface area contributed by atoms with Crippen molar-refractivity contribution in [1.82, 2.24) is 16.0 Å². The van der Waals surface area contributed by atoms with Crippen LogP contribution in [0.15, 0.2) is 59.6 Å². The van der Waals surface area contributed by atoms with Crippen LogP contribution in [-0.2, 0) is 11.3 Å². The van der Waals surface area contributed by atoms with Gasteiger partial charge < -0.3 is 25.6 Å². The van der Waals surface area contributed by atoms with Gasteiger partial charge in [0.1, 0.15) is 5.75 Å². The van der Waals surface area contributed by atoms with E-state index in [0.29, 0.717) is 24.4 Å². The molecule has 1 heterocycles. The summed E-state index contributed by atoms with van der Waals surface area (Å²) in [5.41, 5.74) is 2.33. The van der Waals surface area contributed by atoms with Gasteiger partial charge in [-0.25, -0.2) is 0 Å². The number of rotatable bonds is 8. The van der Waals surface area contributed by atoms with Gasteiger partial charge in [0.2, 0.25) is 0 Å². The highest BCUT2D eigenvalue weighted by Crippen LogP contribution is 2.20. The molecule has 1 atom stereocenters. The molecule has 1 aliphatic heterocycles. The van der Waals surface area contributed by atoms with Crippen LogP contribution in [0.3, 0.4) is 0 Å². The van der Waals surface area contributed by atoms with Gasteiger partial charge in [-0.2, -0.15) is 0 Å². The fourth-order valence-electron chi connectivity index (χ4n) is 3.72. The maximum absolute atomic E-state index is 11.8. The Morgan fingerprint density at radius 2 is 1.88 bits per heavy atom. The zero-order chi connectivity index (χ0) is 21.5. The molecule has 32 heavy (non-hydrogen) atoms. The number of hydrogen-bond acceptors (Lipinski definition) is 4. The summed E-state index contributed by atoms with van der Waals surface area (Å²) in [6.45, 7) is 2.67. The third kappa shape index (κ3) is 7.29. The van der Waals surface area contributed by atoms with E-state index >= 15 is 0 Å². The van der Waals surface area contributed by atoms with E-state index in [4.69, 9.17) is 4.74 Å². The number of halogens is 1. The van der Waals surface area contributed by atoms with Crippen LogP contribution < -0.4 is 25.6 Å². The second-order valence-corrected chi connectivity index (χ2v) is 8.12. The molecule has 0 aromatic heterocycles. The predicted molar refractivity (Wildman–Crippen MR) is 139 cm³/mol. The number of nitrogens with zero attached hydrogens (tertiary/aromatic N) is 2. The van der Waals surface area contributed by atoms with E-state index in [1.54, 1.807) is 7.05 Å². The van der Waals surface area contributed by atoms with Crippen LogP contribution in [0.1, 0.15) is 24.8 Å². The third-order valence-electron chi connectivity index (χ3n) is 5.54. The molecule has 3 N–H and O–H groups in total. The monoisotopic (exact) mass is 549 g/mol. The highest BCUT2D eigenvalue weighted by atomic mass is 127. The molecule has 8 heteroatoms. The van der Waals surface area contributed by atoms with Crippen molar-refractivity contribution in [3.63, 3.8) is 0 Å². The lowest BCUT2D eigenvalue weighted by Gasteiger charge is -2.20. The topological polar surface area (TPSA) is 78.0 Å². The normalized spacial score (nSPS) is 18.0. The van der Waals surface area contributed by atoms with Crippen molar-refractivity contribution in [1.29, 1.82) is 0 Å². The van der Waals surface area contributed by atoms with Crippen molar-refractivity contribution in [3.05, 3.63) is 60.2 Å². The molecule has 1 saturated heterocycles. The lowest BCUT2D eigenvalue weighted by atomic mass is 10.2. The van der Waals surface area contributed by atoms with Gasteiger partial charge in [-0.05, 0) is 49.1 Å². The summed E-state index contributed by atoms with van der Waals surface area (Å²) in [4.78, 5) is 18.6. The molecular formula is C24H32IN5O2. The van der Waals surface area contributed by atoms with Crippen molar-refractivity contribution in [2.45, 2.75) is 37.9 Å². The van der Waals surface area contributed by atoms with Crippen molar-refractivity contribution in [3.8, 4) is 5.75 Å². The first kappa shape index (κ1) is 24.2. The number of aliphatic imine (C=N–C) groups is 1. The van der Waals surface area contributed by atoms with Crippen LogP contribution in [-0.4, -0.2) is 50.7 Å². The Kier molecular flexibility index (Phi) is 9.01. The molecule has 1 aliphatic carbocycles. The fourth-order valence-corrected chi connectivity index (χ4v) is 3.72. The summed E-state index contributed by atoms with van der Waals surface area (Å²) in [7, 11) is 1.79. The smallest absolute Gasteiger partial charge is 0.258 e. The maximum atomic E-state index is 11.8. The maximum Gasteiger partial charge on any atom is 0.258 e. The second kappa shape index (κ2) is 11.9. The molecule has 7 nitrogen and oxygen atoms in total. The number of hydrogen-bond donors (Lipinski definition) is 3. The molecule has 2 aliphatic rings. The summed E-state index contributed by atoms with van der Waals surface area (Å²) in [5, 5.41) is 9.84. The number of guanidine groups is 1. The molecule has 2 aromatic carbocycles. The van der Waals surface area contributed by atoms with Crippen LogP contribution in [0.25, 0.3) is 0 Å². The fraction of sp³-hybridized carbons (Fsp3) is 0.417. The Bertz CT molecular complexity index is 904. The minimum Gasteiger partial charge on any atom is -0.484 e. The largest absolute Gasteiger partial charge is 0.484 e. The van der Waals surface area contributed by atoms with Crippen molar-refractivity contribution < 1.29 is 9.53 Å². The van der Waals surface area contributed by atoms with Crippen molar-refractivity contribution in [2.75, 3.05) is 31.6 Å². The molecule has 1 amide bonds. The van der Waals surface area contributed by atoms with Gasteiger partial charge in [0.25, 0.3) is 5.91 Å². The van der Waals surface area contributed by atoms with Gasteiger partial charge in [0.05, 0.1) is 0 Å². The van der Waals surface area contributed by atoms with Crippen LogP contribution in [0.2, 0.25) is 0 Å². The predicted octanol–water partition coefficient (Wildman–Crippen LogP) is 2.91. The van der Waals surface area contributed by atoms with Gasteiger partial charge in [-0.3, -0.25) is 9.79 Å².